The van der Waals surface area contributed by atoms with Crippen molar-refractivity contribution in [3.63, 3.8) is 0 Å². The summed E-state index contributed by atoms with van der Waals surface area (Å²) in [5.41, 5.74) is 2.51. The summed E-state index contributed by atoms with van der Waals surface area (Å²) in [5.74, 6) is 0.547. The van der Waals surface area contributed by atoms with Gasteiger partial charge in [0.15, 0.2) is 0 Å². The predicted molar refractivity (Wildman–Crippen MR) is 66.8 cm³/mol. The lowest BCUT2D eigenvalue weighted by Gasteiger charge is -2.38. The van der Waals surface area contributed by atoms with Gasteiger partial charge in [-0.25, -0.2) is 0 Å². The van der Waals surface area contributed by atoms with Crippen molar-refractivity contribution in [1.29, 1.82) is 0 Å². The van der Waals surface area contributed by atoms with Crippen LogP contribution in [-0.4, -0.2) is 18.4 Å². The van der Waals surface area contributed by atoms with Crippen molar-refractivity contribution in [1.82, 2.24) is 0 Å². The molecular weight excluding hydrogens is 198 g/mol. The van der Waals surface area contributed by atoms with E-state index in [4.69, 9.17) is 0 Å². The van der Waals surface area contributed by atoms with E-state index in [0.717, 1.165) is 6.54 Å². The summed E-state index contributed by atoms with van der Waals surface area (Å²) in [5, 5.41) is 0. The molecule has 2 nitrogen and oxygen atoms in total. The van der Waals surface area contributed by atoms with Gasteiger partial charge in [0.2, 0.25) is 0 Å². The van der Waals surface area contributed by atoms with Crippen LogP contribution in [0.1, 0.15) is 25.8 Å². The molecule has 0 aliphatic carbocycles. The Morgan fingerprint density at radius 3 is 2.44 bits per heavy atom. The SMILES string of the molecule is Cc1ccc(N2CCC(=O)C(C)C2C)cc1. The monoisotopic (exact) mass is 217 g/mol. The third-order valence-corrected chi connectivity index (χ3v) is 3.69. The number of anilines is 1. The summed E-state index contributed by atoms with van der Waals surface area (Å²) in [4.78, 5) is 13.9. The highest BCUT2D eigenvalue weighted by Gasteiger charge is 2.30. The van der Waals surface area contributed by atoms with E-state index in [-0.39, 0.29) is 5.92 Å². The van der Waals surface area contributed by atoms with Crippen molar-refractivity contribution in [2.45, 2.75) is 33.2 Å². The summed E-state index contributed by atoms with van der Waals surface area (Å²) in [7, 11) is 0. The van der Waals surface area contributed by atoms with Crippen molar-refractivity contribution in [2.24, 2.45) is 5.92 Å². The zero-order chi connectivity index (χ0) is 11.7. The first-order valence-corrected chi connectivity index (χ1v) is 5.95. The molecule has 2 atom stereocenters. The highest BCUT2D eigenvalue weighted by atomic mass is 16.1. The Hall–Kier alpha value is -1.31. The second kappa shape index (κ2) is 4.28. The summed E-state index contributed by atoms with van der Waals surface area (Å²) < 4.78 is 0. The normalized spacial score (nSPS) is 25.9. The summed E-state index contributed by atoms with van der Waals surface area (Å²) in [6, 6.07) is 8.86. The summed E-state index contributed by atoms with van der Waals surface area (Å²) >= 11 is 0. The standard InChI is InChI=1S/C14H19NO/c1-10-4-6-13(7-5-10)15-9-8-14(16)11(2)12(15)3/h4-7,11-12H,8-9H2,1-3H3. The third kappa shape index (κ3) is 1.97. The second-order valence-electron chi connectivity index (χ2n) is 4.77. The number of carbonyl (C=O) groups excluding carboxylic acids is 1. The van der Waals surface area contributed by atoms with E-state index in [0.29, 0.717) is 18.2 Å². The fourth-order valence-electron chi connectivity index (χ4n) is 2.30. The van der Waals surface area contributed by atoms with Crippen LogP contribution in [0.15, 0.2) is 24.3 Å². The quantitative estimate of drug-likeness (QED) is 0.721. The van der Waals surface area contributed by atoms with Crippen LogP contribution in [0.5, 0.6) is 0 Å². The number of nitrogens with zero attached hydrogens (tertiary/aromatic N) is 1. The molecule has 0 bridgehead atoms. The molecule has 2 heteroatoms. The van der Waals surface area contributed by atoms with Crippen molar-refractivity contribution in [3.8, 4) is 0 Å². The molecule has 0 spiro atoms. The van der Waals surface area contributed by atoms with Crippen LogP contribution in [-0.2, 0) is 4.79 Å². The average Bonchev–Trinajstić information content (AvgIpc) is 2.28. The minimum absolute atomic E-state index is 0.148. The van der Waals surface area contributed by atoms with Crippen LogP contribution in [0.3, 0.4) is 0 Å². The van der Waals surface area contributed by atoms with E-state index >= 15 is 0 Å². The molecule has 0 amide bonds. The maximum absolute atomic E-state index is 11.6. The number of aryl methyl sites for hydroxylation is 1. The van der Waals surface area contributed by atoms with Crippen LogP contribution < -0.4 is 4.90 Å². The molecule has 2 rings (SSSR count). The van der Waals surface area contributed by atoms with Crippen molar-refractivity contribution < 1.29 is 4.79 Å². The molecule has 1 saturated heterocycles. The molecular formula is C14H19NO. The highest BCUT2D eigenvalue weighted by molar-refractivity contribution is 5.84. The van der Waals surface area contributed by atoms with Crippen LogP contribution in [0.2, 0.25) is 0 Å². The largest absolute Gasteiger partial charge is 0.368 e. The molecule has 2 unspecified atom stereocenters. The van der Waals surface area contributed by atoms with Gasteiger partial charge in [-0.1, -0.05) is 24.6 Å². The van der Waals surface area contributed by atoms with Gasteiger partial charge in [-0.15, -0.1) is 0 Å². The predicted octanol–water partition coefficient (Wildman–Crippen LogP) is 2.80. The number of ketones is 1. The van der Waals surface area contributed by atoms with Crippen LogP contribution in [0.4, 0.5) is 5.69 Å². The summed E-state index contributed by atoms with van der Waals surface area (Å²) in [6.07, 6.45) is 0.680. The maximum Gasteiger partial charge on any atom is 0.139 e. The molecule has 16 heavy (non-hydrogen) atoms. The molecule has 1 fully saturated rings. The first kappa shape index (κ1) is 11.2. The van der Waals surface area contributed by atoms with E-state index in [1.54, 1.807) is 0 Å². The van der Waals surface area contributed by atoms with E-state index in [9.17, 15) is 4.79 Å². The smallest absolute Gasteiger partial charge is 0.139 e. The average molecular weight is 217 g/mol. The minimum Gasteiger partial charge on any atom is -0.368 e. The molecule has 0 N–H and O–H groups in total. The van der Waals surface area contributed by atoms with Crippen LogP contribution in [0.25, 0.3) is 0 Å². The van der Waals surface area contributed by atoms with Gasteiger partial charge in [-0.3, -0.25) is 4.79 Å². The molecule has 0 saturated carbocycles. The first-order valence-electron chi connectivity index (χ1n) is 5.95. The van der Waals surface area contributed by atoms with Crippen molar-refractivity contribution >= 4 is 11.5 Å². The lowest BCUT2D eigenvalue weighted by atomic mass is 9.90. The van der Waals surface area contributed by atoms with Crippen molar-refractivity contribution in [2.75, 3.05) is 11.4 Å². The molecule has 1 aromatic rings. The fourth-order valence-corrected chi connectivity index (χ4v) is 2.30. The molecule has 1 aromatic carbocycles. The Morgan fingerprint density at radius 2 is 1.81 bits per heavy atom. The Bertz CT molecular complexity index is 382. The van der Waals surface area contributed by atoms with E-state index in [1.807, 2.05) is 6.92 Å². The van der Waals surface area contributed by atoms with Gasteiger partial charge >= 0.3 is 0 Å². The van der Waals surface area contributed by atoms with Gasteiger partial charge in [0.1, 0.15) is 5.78 Å². The second-order valence-corrected chi connectivity index (χ2v) is 4.77. The lowest BCUT2D eigenvalue weighted by molar-refractivity contribution is -0.123. The molecule has 1 aliphatic rings. The Balaban J connectivity index is 2.21. The number of Topliss-reactive ketones (excluding diaryl/α,β-unsaturated/α-hetero) is 1. The van der Waals surface area contributed by atoms with Crippen LogP contribution >= 0.6 is 0 Å². The third-order valence-electron chi connectivity index (χ3n) is 3.69. The van der Waals surface area contributed by atoms with Gasteiger partial charge in [0.25, 0.3) is 0 Å². The maximum atomic E-state index is 11.6. The van der Waals surface area contributed by atoms with Gasteiger partial charge in [-0.2, -0.15) is 0 Å². The zero-order valence-corrected chi connectivity index (χ0v) is 10.2. The molecule has 1 aliphatic heterocycles. The Labute approximate surface area is 97.3 Å². The van der Waals surface area contributed by atoms with E-state index in [1.165, 1.54) is 11.3 Å². The topological polar surface area (TPSA) is 20.3 Å². The van der Waals surface area contributed by atoms with E-state index in [2.05, 4.69) is 43.0 Å². The molecule has 86 valence electrons. The van der Waals surface area contributed by atoms with Gasteiger partial charge in [0, 0.05) is 30.6 Å². The van der Waals surface area contributed by atoms with Gasteiger partial charge in [-0.05, 0) is 26.0 Å². The Morgan fingerprint density at radius 1 is 1.19 bits per heavy atom. The fraction of sp³-hybridized carbons (Fsp3) is 0.500. The molecule has 0 aromatic heterocycles. The molecule has 0 radical (unpaired) electrons. The Kier molecular flexibility index (Phi) is 2.99. The van der Waals surface area contributed by atoms with Gasteiger partial charge in [0.05, 0.1) is 0 Å². The zero-order valence-electron chi connectivity index (χ0n) is 10.2. The highest BCUT2D eigenvalue weighted by Crippen LogP contribution is 2.26. The number of rotatable bonds is 1. The summed E-state index contributed by atoms with van der Waals surface area (Å²) in [6.45, 7) is 7.12. The number of hydrogen-bond acceptors (Lipinski definition) is 2. The number of hydrogen-bond donors (Lipinski definition) is 0. The number of benzene rings is 1. The van der Waals surface area contributed by atoms with Gasteiger partial charge < -0.3 is 4.90 Å². The molecule has 1 heterocycles. The first-order chi connectivity index (χ1) is 7.59. The number of piperidine rings is 1. The van der Waals surface area contributed by atoms with E-state index < -0.39 is 0 Å². The number of carbonyl (C=O) groups is 1. The van der Waals surface area contributed by atoms with Crippen molar-refractivity contribution in [3.05, 3.63) is 29.8 Å². The minimum atomic E-state index is 0.148. The lowest BCUT2D eigenvalue weighted by Crippen LogP contribution is -2.46. The van der Waals surface area contributed by atoms with Crippen LogP contribution in [0, 0.1) is 12.8 Å².